The zero-order valence-corrected chi connectivity index (χ0v) is 13.7. The molecule has 8 heteroatoms. The molecule has 26 heavy (non-hydrogen) atoms. The van der Waals surface area contributed by atoms with Crippen molar-refractivity contribution < 1.29 is 29.7 Å². The molecule has 2 aromatic carbocycles. The van der Waals surface area contributed by atoms with Gasteiger partial charge in [0.05, 0.1) is 6.42 Å². The average molecular weight is 358 g/mol. The van der Waals surface area contributed by atoms with Crippen molar-refractivity contribution in [2.75, 3.05) is 11.9 Å². The minimum Gasteiger partial charge on any atom is -0.507 e. The van der Waals surface area contributed by atoms with E-state index < -0.39 is 11.9 Å². The first-order valence-electron chi connectivity index (χ1n) is 7.76. The molecule has 0 saturated heterocycles. The molecule has 0 aliphatic heterocycles. The Kier molecular flexibility index (Phi) is 6.15. The molecular weight excluding hydrogens is 340 g/mol. The second kappa shape index (κ2) is 8.52. The number of nitrogens with one attached hydrogen (secondary N) is 2. The summed E-state index contributed by atoms with van der Waals surface area (Å²) < 4.78 is 0. The van der Waals surface area contributed by atoms with Crippen molar-refractivity contribution in [3.63, 3.8) is 0 Å². The number of phenols is 1. The number of hydrogen-bond donors (Lipinski definition) is 5. The molecule has 0 bridgehead atoms. The number of anilines is 1. The van der Waals surface area contributed by atoms with Crippen LogP contribution in [0.4, 0.5) is 5.69 Å². The Bertz CT molecular complexity index is 817. The van der Waals surface area contributed by atoms with Crippen molar-refractivity contribution in [2.45, 2.75) is 13.0 Å². The molecule has 0 radical (unpaired) electrons. The lowest BCUT2D eigenvalue weighted by atomic mass is 10.1. The van der Waals surface area contributed by atoms with E-state index in [0.29, 0.717) is 17.8 Å². The zero-order valence-electron chi connectivity index (χ0n) is 13.7. The molecule has 0 heterocycles. The van der Waals surface area contributed by atoms with Gasteiger partial charge in [0.2, 0.25) is 0 Å². The van der Waals surface area contributed by atoms with Crippen LogP contribution in [0.3, 0.4) is 0 Å². The van der Waals surface area contributed by atoms with Gasteiger partial charge in [-0.2, -0.15) is 0 Å². The Hall–Kier alpha value is -3.55. The first-order valence-corrected chi connectivity index (χ1v) is 7.76. The van der Waals surface area contributed by atoms with Crippen LogP contribution in [0.15, 0.2) is 42.5 Å². The summed E-state index contributed by atoms with van der Waals surface area (Å²) in [6.45, 7) is 0.453. The van der Waals surface area contributed by atoms with E-state index in [4.69, 9.17) is 10.2 Å². The summed E-state index contributed by atoms with van der Waals surface area (Å²) in [5.74, 6) is -2.85. The van der Waals surface area contributed by atoms with Gasteiger partial charge in [0.1, 0.15) is 11.3 Å². The quantitative estimate of drug-likeness (QED) is 0.455. The molecule has 0 atom stereocenters. The smallest absolute Gasteiger partial charge is 0.339 e. The molecule has 0 spiro atoms. The van der Waals surface area contributed by atoms with E-state index in [1.165, 1.54) is 12.1 Å². The van der Waals surface area contributed by atoms with Crippen molar-refractivity contribution >= 4 is 23.5 Å². The Morgan fingerprint density at radius 2 is 1.65 bits per heavy atom. The minimum absolute atomic E-state index is 0.0598. The molecule has 1 amide bonds. The van der Waals surface area contributed by atoms with E-state index in [1.54, 1.807) is 30.3 Å². The molecule has 8 nitrogen and oxygen atoms in total. The van der Waals surface area contributed by atoms with Gasteiger partial charge in [-0.05, 0) is 35.9 Å². The van der Waals surface area contributed by atoms with Crippen LogP contribution in [0.25, 0.3) is 0 Å². The number of aromatic carboxylic acids is 1. The largest absolute Gasteiger partial charge is 0.507 e. The fraction of sp³-hybridized carbons (Fsp3) is 0.167. The normalized spacial score (nSPS) is 10.2. The van der Waals surface area contributed by atoms with E-state index >= 15 is 0 Å². The fourth-order valence-corrected chi connectivity index (χ4v) is 2.18. The van der Waals surface area contributed by atoms with Crippen LogP contribution in [-0.2, 0) is 11.3 Å². The lowest BCUT2D eigenvalue weighted by molar-refractivity contribution is -0.136. The first-order chi connectivity index (χ1) is 12.4. The van der Waals surface area contributed by atoms with E-state index in [-0.39, 0.29) is 30.2 Å². The summed E-state index contributed by atoms with van der Waals surface area (Å²) in [7, 11) is 0. The van der Waals surface area contributed by atoms with Crippen LogP contribution < -0.4 is 10.6 Å². The van der Waals surface area contributed by atoms with Crippen LogP contribution in [0.5, 0.6) is 5.75 Å². The SMILES string of the molecule is O=C(O)CCNC(=O)c1ccc(CNc2ccc(O)c(C(=O)O)c2)cc1. The number of hydrogen-bond acceptors (Lipinski definition) is 5. The summed E-state index contributed by atoms with van der Waals surface area (Å²) in [4.78, 5) is 33.3. The molecule has 0 aliphatic rings. The van der Waals surface area contributed by atoms with Gasteiger partial charge in [-0.15, -0.1) is 0 Å². The molecule has 2 aromatic rings. The van der Waals surface area contributed by atoms with Crippen molar-refractivity contribution in [2.24, 2.45) is 0 Å². The van der Waals surface area contributed by atoms with Crippen LogP contribution >= 0.6 is 0 Å². The molecule has 136 valence electrons. The van der Waals surface area contributed by atoms with Gasteiger partial charge < -0.3 is 26.0 Å². The molecule has 2 rings (SSSR count). The van der Waals surface area contributed by atoms with Crippen molar-refractivity contribution in [1.29, 1.82) is 0 Å². The third kappa shape index (κ3) is 5.23. The molecule has 0 saturated carbocycles. The average Bonchev–Trinajstić information content (AvgIpc) is 2.60. The summed E-state index contributed by atoms with van der Waals surface area (Å²) in [5.41, 5.74) is 1.62. The number of benzene rings is 2. The summed E-state index contributed by atoms with van der Waals surface area (Å²) in [6.07, 6.45) is -0.140. The summed E-state index contributed by atoms with van der Waals surface area (Å²) >= 11 is 0. The number of amides is 1. The van der Waals surface area contributed by atoms with Crippen molar-refractivity contribution in [3.8, 4) is 5.75 Å². The number of rotatable bonds is 8. The van der Waals surface area contributed by atoms with E-state index in [2.05, 4.69) is 10.6 Å². The second-order valence-corrected chi connectivity index (χ2v) is 5.49. The third-order valence-corrected chi connectivity index (χ3v) is 3.56. The highest BCUT2D eigenvalue weighted by Gasteiger charge is 2.10. The van der Waals surface area contributed by atoms with Gasteiger partial charge in [0.25, 0.3) is 5.91 Å². The van der Waals surface area contributed by atoms with E-state index in [9.17, 15) is 19.5 Å². The van der Waals surface area contributed by atoms with Gasteiger partial charge in [-0.3, -0.25) is 9.59 Å². The Balaban J connectivity index is 1.93. The van der Waals surface area contributed by atoms with Gasteiger partial charge in [-0.1, -0.05) is 12.1 Å². The summed E-state index contributed by atoms with van der Waals surface area (Å²) in [6, 6.07) is 10.9. The van der Waals surface area contributed by atoms with Crippen LogP contribution in [0.2, 0.25) is 0 Å². The van der Waals surface area contributed by atoms with Crippen molar-refractivity contribution in [1.82, 2.24) is 5.32 Å². The standard InChI is InChI=1S/C18H18N2O6/c21-15-6-5-13(9-14(15)18(25)26)20-10-11-1-3-12(4-2-11)17(24)19-8-7-16(22)23/h1-6,9,20-21H,7-8,10H2,(H,19,24)(H,22,23)(H,25,26). The first kappa shape index (κ1) is 18.8. The van der Waals surface area contributed by atoms with Gasteiger partial charge in [0, 0.05) is 24.3 Å². The molecule has 0 unspecified atom stereocenters. The zero-order chi connectivity index (χ0) is 19.1. The fourth-order valence-electron chi connectivity index (χ4n) is 2.18. The van der Waals surface area contributed by atoms with Crippen LogP contribution in [-0.4, -0.2) is 39.7 Å². The highest BCUT2D eigenvalue weighted by atomic mass is 16.4. The maximum atomic E-state index is 11.9. The number of carboxylic acid groups (broad SMARTS) is 2. The van der Waals surface area contributed by atoms with Crippen LogP contribution in [0, 0.1) is 0 Å². The molecule has 0 aromatic heterocycles. The highest BCUT2D eigenvalue weighted by molar-refractivity contribution is 5.94. The third-order valence-electron chi connectivity index (χ3n) is 3.56. The molecule has 0 fully saturated rings. The van der Waals surface area contributed by atoms with Gasteiger partial charge in [0.15, 0.2) is 0 Å². The van der Waals surface area contributed by atoms with Gasteiger partial charge in [-0.25, -0.2) is 4.79 Å². The maximum absolute atomic E-state index is 11.9. The number of carboxylic acids is 2. The maximum Gasteiger partial charge on any atom is 0.339 e. The van der Waals surface area contributed by atoms with Crippen LogP contribution in [0.1, 0.15) is 32.7 Å². The van der Waals surface area contributed by atoms with Gasteiger partial charge >= 0.3 is 11.9 Å². The number of carbonyl (C=O) groups excluding carboxylic acids is 1. The lowest BCUT2D eigenvalue weighted by Gasteiger charge is -2.09. The topological polar surface area (TPSA) is 136 Å². The Morgan fingerprint density at radius 3 is 2.27 bits per heavy atom. The second-order valence-electron chi connectivity index (χ2n) is 5.49. The minimum atomic E-state index is -1.22. The van der Waals surface area contributed by atoms with Crippen molar-refractivity contribution in [3.05, 3.63) is 59.2 Å². The number of carbonyl (C=O) groups is 3. The number of aromatic hydroxyl groups is 1. The highest BCUT2D eigenvalue weighted by Crippen LogP contribution is 2.21. The number of aliphatic carboxylic acids is 1. The molecule has 0 aliphatic carbocycles. The van der Waals surface area contributed by atoms with E-state index in [1.807, 2.05) is 0 Å². The Morgan fingerprint density at radius 1 is 0.962 bits per heavy atom. The lowest BCUT2D eigenvalue weighted by Crippen LogP contribution is -2.25. The van der Waals surface area contributed by atoms with E-state index in [0.717, 1.165) is 5.56 Å². The predicted molar refractivity (Wildman–Crippen MR) is 93.4 cm³/mol. The predicted octanol–water partition coefficient (Wildman–Crippen LogP) is 1.91. The molecule has 5 N–H and O–H groups in total. The summed E-state index contributed by atoms with van der Waals surface area (Å²) in [5, 5.41) is 32.6. The monoisotopic (exact) mass is 358 g/mol. The Labute approximate surface area is 149 Å². The molecular formula is C18H18N2O6.